The number of para-hydroxylation sites is 2. The highest BCUT2D eigenvalue weighted by atomic mass is 16.3. The number of nitrogens with zero attached hydrogens (tertiary/aromatic N) is 2. The van der Waals surface area contributed by atoms with Gasteiger partial charge in [-0.2, -0.15) is 0 Å². The van der Waals surface area contributed by atoms with E-state index in [1.807, 2.05) is 71.5 Å². The van der Waals surface area contributed by atoms with Crippen LogP contribution in [0.4, 0.5) is 0 Å². The van der Waals surface area contributed by atoms with Crippen LogP contribution in [0.3, 0.4) is 0 Å². The van der Waals surface area contributed by atoms with Gasteiger partial charge in [-0.15, -0.1) is 0 Å². The Kier molecular flexibility index (Phi) is 3.86. The largest absolute Gasteiger partial charge is 0.387 e. The van der Waals surface area contributed by atoms with Crippen LogP contribution in [0.2, 0.25) is 0 Å². The lowest BCUT2D eigenvalue weighted by Crippen LogP contribution is -2.26. The van der Waals surface area contributed by atoms with Crippen molar-refractivity contribution >= 4 is 11.0 Å². The Bertz CT molecular complexity index is 843. The Labute approximate surface area is 129 Å². The van der Waals surface area contributed by atoms with Gasteiger partial charge in [0.1, 0.15) is 0 Å². The van der Waals surface area contributed by atoms with Gasteiger partial charge in [0.25, 0.3) is 0 Å². The third-order valence-corrected chi connectivity index (χ3v) is 4.11. The van der Waals surface area contributed by atoms with Gasteiger partial charge in [-0.05, 0) is 31.5 Å². The molecule has 0 aliphatic carbocycles. The van der Waals surface area contributed by atoms with Crippen LogP contribution in [0, 0.1) is 12.3 Å². The molecule has 0 saturated heterocycles. The van der Waals surface area contributed by atoms with E-state index >= 15 is 0 Å². The standard InChI is InChI=1S/C18H21N3O/c1-3-20-15-6-4-5-7-16(15)21(18(20)19)12-17(22)14-10-8-13(2)9-11-14/h4-11,17,19,22H,3,12H2,1-2H3/t17-/m1/s1. The monoisotopic (exact) mass is 295 g/mol. The molecule has 0 fully saturated rings. The van der Waals surface area contributed by atoms with Crippen molar-refractivity contribution < 1.29 is 5.11 Å². The quantitative estimate of drug-likeness (QED) is 0.764. The van der Waals surface area contributed by atoms with E-state index < -0.39 is 6.10 Å². The van der Waals surface area contributed by atoms with Crippen molar-refractivity contribution in [2.45, 2.75) is 33.0 Å². The third-order valence-electron chi connectivity index (χ3n) is 4.11. The van der Waals surface area contributed by atoms with Gasteiger partial charge in [0.2, 0.25) is 5.62 Å². The van der Waals surface area contributed by atoms with Crippen molar-refractivity contribution in [2.75, 3.05) is 0 Å². The third kappa shape index (κ3) is 2.46. The van der Waals surface area contributed by atoms with Crippen LogP contribution in [0.15, 0.2) is 48.5 Å². The second-order valence-corrected chi connectivity index (χ2v) is 5.59. The molecule has 2 aromatic carbocycles. The van der Waals surface area contributed by atoms with E-state index in [-0.39, 0.29) is 0 Å². The van der Waals surface area contributed by atoms with Crippen LogP contribution >= 0.6 is 0 Å². The molecule has 1 aromatic heterocycles. The molecule has 0 saturated carbocycles. The summed E-state index contributed by atoms with van der Waals surface area (Å²) in [6, 6.07) is 15.9. The van der Waals surface area contributed by atoms with Crippen molar-refractivity contribution in [3.63, 3.8) is 0 Å². The molecule has 0 bridgehead atoms. The predicted molar refractivity (Wildman–Crippen MR) is 87.6 cm³/mol. The topological polar surface area (TPSA) is 53.9 Å². The van der Waals surface area contributed by atoms with Gasteiger partial charge in [-0.1, -0.05) is 42.0 Å². The van der Waals surface area contributed by atoms with Crippen LogP contribution in [-0.4, -0.2) is 14.2 Å². The highest BCUT2D eigenvalue weighted by Gasteiger charge is 2.14. The van der Waals surface area contributed by atoms with Gasteiger partial charge in [0.15, 0.2) is 0 Å². The summed E-state index contributed by atoms with van der Waals surface area (Å²) in [5, 5.41) is 18.9. The molecule has 0 unspecified atom stereocenters. The van der Waals surface area contributed by atoms with Gasteiger partial charge in [0.05, 0.1) is 23.7 Å². The number of benzene rings is 2. The lowest BCUT2D eigenvalue weighted by atomic mass is 10.1. The van der Waals surface area contributed by atoms with Gasteiger partial charge < -0.3 is 14.2 Å². The van der Waals surface area contributed by atoms with E-state index in [0.29, 0.717) is 12.2 Å². The maximum absolute atomic E-state index is 10.5. The Morgan fingerprint density at radius 1 is 1.00 bits per heavy atom. The molecule has 3 rings (SSSR count). The number of hydrogen-bond donors (Lipinski definition) is 2. The zero-order chi connectivity index (χ0) is 15.7. The van der Waals surface area contributed by atoms with E-state index in [4.69, 9.17) is 5.41 Å². The molecule has 1 atom stereocenters. The first-order chi connectivity index (χ1) is 10.6. The Morgan fingerprint density at radius 3 is 2.18 bits per heavy atom. The molecule has 114 valence electrons. The minimum Gasteiger partial charge on any atom is -0.387 e. The fourth-order valence-electron chi connectivity index (χ4n) is 2.87. The van der Waals surface area contributed by atoms with Crippen molar-refractivity contribution in [2.24, 2.45) is 0 Å². The summed E-state index contributed by atoms with van der Waals surface area (Å²) < 4.78 is 3.83. The van der Waals surface area contributed by atoms with Crippen LogP contribution in [0.25, 0.3) is 11.0 Å². The normalized spacial score (nSPS) is 12.7. The highest BCUT2D eigenvalue weighted by Crippen LogP contribution is 2.19. The maximum atomic E-state index is 10.5. The predicted octanol–water partition coefficient (Wildman–Crippen LogP) is 2.98. The molecular weight excluding hydrogens is 274 g/mol. The lowest BCUT2D eigenvalue weighted by Gasteiger charge is -2.13. The van der Waals surface area contributed by atoms with E-state index in [0.717, 1.165) is 23.1 Å². The second kappa shape index (κ2) is 5.81. The Balaban J connectivity index is 2.02. The molecule has 4 heteroatoms. The lowest BCUT2D eigenvalue weighted by molar-refractivity contribution is 0.155. The maximum Gasteiger partial charge on any atom is 0.203 e. The number of rotatable bonds is 4. The first kappa shape index (κ1) is 14.6. The van der Waals surface area contributed by atoms with E-state index in [1.165, 1.54) is 5.56 Å². The van der Waals surface area contributed by atoms with Gasteiger partial charge in [-0.3, -0.25) is 5.41 Å². The van der Waals surface area contributed by atoms with Gasteiger partial charge in [-0.25, -0.2) is 0 Å². The fourth-order valence-corrected chi connectivity index (χ4v) is 2.87. The fraction of sp³-hybridized carbons (Fsp3) is 0.278. The summed E-state index contributed by atoms with van der Waals surface area (Å²) >= 11 is 0. The molecule has 0 aliphatic rings. The van der Waals surface area contributed by atoms with Crippen molar-refractivity contribution in [3.8, 4) is 0 Å². The minimum absolute atomic E-state index is 0.384. The Morgan fingerprint density at radius 2 is 1.59 bits per heavy atom. The summed E-state index contributed by atoms with van der Waals surface area (Å²) in [4.78, 5) is 0. The summed E-state index contributed by atoms with van der Waals surface area (Å²) in [6.07, 6.45) is -0.620. The highest BCUT2D eigenvalue weighted by molar-refractivity contribution is 5.75. The smallest absolute Gasteiger partial charge is 0.203 e. The van der Waals surface area contributed by atoms with Crippen LogP contribution in [0.1, 0.15) is 24.2 Å². The zero-order valence-corrected chi connectivity index (χ0v) is 13.0. The van der Waals surface area contributed by atoms with Crippen LogP contribution < -0.4 is 5.62 Å². The van der Waals surface area contributed by atoms with E-state index in [9.17, 15) is 5.11 Å². The van der Waals surface area contributed by atoms with Crippen molar-refractivity contribution in [3.05, 3.63) is 65.3 Å². The molecule has 0 spiro atoms. The molecule has 22 heavy (non-hydrogen) atoms. The SMILES string of the molecule is CCn1c(=N)n(C[C@@H](O)c2ccc(C)cc2)c2ccccc21. The number of aliphatic hydroxyl groups excluding tert-OH is 1. The number of aliphatic hydroxyl groups is 1. The molecule has 0 amide bonds. The molecule has 0 radical (unpaired) electrons. The van der Waals surface area contributed by atoms with Crippen molar-refractivity contribution in [1.82, 2.24) is 9.13 Å². The average Bonchev–Trinajstić information content (AvgIpc) is 2.80. The van der Waals surface area contributed by atoms with Gasteiger partial charge >= 0.3 is 0 Å². The number of nitrogens with one attached hydrogen (secondary N) is 1. The molecule has 2 N–H and O–H groups in total. The molecule has 4 nitrogen and oxygen atoms in total. The van der Waals surface area contributed by atoms with E-state index in [1.54, 1.807) is 0 Å². The number of aromatic nitrogens is 2. The zero-order valence-electron chi connectivity index (χ0n) is 13.0. The first-order valence-electron chi connectivity index (χ1n) is 7.59. The summed E-state index contributed by atoms with van der Waals surface area (Å²) in [7, 11) is 0. The van der Waals surface area contributed by atoms with Crippen LogP contribution in [-0.2, 0) is 13.1 Å². The van der Waals surface area contributed by atoms with Crippen LogP contribution in [0.5, 0.6) is 0 Å². The summed E-state index contributed by atoms with van der Waals surface area (Å²) in [5.41, 5.74) is 4.50. The number of hydrogen-bond acceptors (Lipinski definition) is 2. The molecule has 1 heterocycles. The minimum atomic E-state index is -0.620. The summed E-state index contributed by atoms with van der Waals surface area (Å²) in [5.74, 6) is 0. The first-order valence-corrected chi connectivity index (χ1v) is 7.59. The molecule has 3 aromatic rings. The second-order valence-electron chi connectivity index (χ2n) is 5.59. The number of fused-ring (bicyclic) bond motifs is 1. The van der Waals surface area contributed by atoms with E-state index in [2.05, 4.69) is 0 Å². The van der Waals surface area contributed by atoms with Gasteiger partial charge in [0, 0.05) is 6.54 Å². The Hall–Kier alpha value is -2.33. The summed E-state index contributed by atoms with van der Waals surface area (Å²) in [6.45, 7) is 5.19. The molecule has 0 aliphatic heterocycles. The average molecular weight is 295 g/mol. The molecular formula is C18H21N3O. The number of aryl methyl sites for hydroxylation is 2. The number of imidazole rings is 1. The van der Waals surface area contributed by atoms with Crippen molar-refractivity contribution in [1.29, 1.82) is 5.41 Å².